The van der Waals surface area contributed by atoms with Crippen LogP contribution in [0.1, 0.15) is 11.1 Å². The van der Waals surface area contributed by atoms with Crippen molar-refractivity contribution in [1.29, 1.82) is 0 Å². The highest BCUT2D eigenvalue weighted by Crippen LogP contribution is 2.33. The van der Waals surface area contributed by atoms with Gasteiger partial charge in [0.2, 0.25) is 0 Å². The fourth-order valence-electron chi connectivity index (χ4n) is 1.93. The number of nitrogens with two attached hydrogens (primary N) is 1. The van der Waals surface area contributed by atoms with E-state index < -0.39 is 0 Å². The fraction of sp³-hybridized carbons (Fsp3) is 0.231. The molecule has 1 aromatic heterocycles. The monoisotopic (exact) mass is 229 g/mol. The van der Waals surface area contributed by atoms with Crippen molar-refractivity contribution >= 4 is 5.82 Å². The number of rotatable bonds is 2. The maximum Gasteiger partial charge on any atom is 0.128 e. The lowest BCUT2D eigenvalue weighted by molar-refractivity contribution is 0.415. The number of methoxy groups -OCH3 is 1. The third kappa shape index (κ3) is 2.20. The van der Waals surface area contributed by atoms with Gasteiger partial charge in [-0.05, 0) is 31.0 Å². The summed E-state index contributed by atoms with van der Waals surface area (Å²) in [6.45, 7) is 4.07. The van der Waals surface area contributed by atoms with E-state index in [0.29, 0.717) is 5.82 Å². The number of hydrogen-bond donors (Lipinski definition) is 1. The van der Waals surface area contributed by atoms with E-state index in [1.54, 1.807) is 13.2 Å². The first-order valence-corrected chi connectivity index (χ1v) is 5.35. The van der Waals surface area contributed by atoms with Gasteiger partial charge in [-0.15, -0.1) is 0 Å². The normalized spacial score (nSPS) is 10.3. The Morgan fingerprint density at radius 1 is 1.12 bits per heavy atom. The van der Waals surface area contributed by atoms with Gasteiger partial charge in [-0.1, -0.05) is 6.07 Å². The molecule has 1 aromatic carbocycles. The molecule has 0 atom stereocenters. The largest absolute Gasteiger partial charge is 0.496 e. The zero-order chi connectivity index (χ0) is 12.4. The van der Waals surface area contributed by atoms with Crippen LogP contribution in [0.5, 0.6) is 5.75 Å². The van der Waals surface area contributed by atoms with E-state index >= 15 is 0 Å². The van der Waals surface area contributed by atoms with E-state index in [1.165, 1.54) is 6.33 Å². The van der Waals surface area contributed by atoms with Crippen LogP contribution in [-0.2, 0) is 0 Å². The molecule has 88 valence electrons. The van der Waals surface area contributed by atoms with Gasteiger partial charge in [0, 0.05) is 11.6 Å². The van der Waals surface area contributed by atoms with Gasteiger partial charge < -0.3 is 10.5 Å². The number of hydrogen-bond acceptors (Lipinski definition) is 4. The number of aromatic nitrogens is 2. The summed E-state index contributed by atoms with van der Waals surface area (Å²) in [5.41, 5.74) is 9.69. The molecule has 0 fully saturated rings. The first kappa shape index (κ1) is 11.4. The second kappa shape index (κ2) is 4.41. The molecule has 0 aliphatic carbocycles. The van der Waals surface area contributed by atoms with E-state index in [2.05, 4.69) is 16.0 Å². The summed E-state index contributed by atoms with van der Waals surface area (Å²) >= 11 is 0. The lowest BCUT2D eigenvalue weighted by atomic mass is 10.0. The predicted molar refractivity (Wildman–Crippen MR) is 67.9 cm³/mol. The Hall–Kier alpha value is -2.10. The molecule has 0 bridgehead atoms. The van der Waals surface area contributed by atoms with Crippen LogP contribution in [0.3, 0.4) is 0 Å². The summed E-state index contributed by atoms with van der Waals surface area (Å²) in [5.74, 6) is 1.26. The van der Waals surface area contributed by atoms with Gasteiger partial charge >= 0.3 is 0 Å². The first-order chi connectivity index (χ1) is 8.11. The summed E-state index contributed by atoms with van der Waals surface area (Å²) < 4.78 is 5.40. The molecule has 2 rings (SSSR count). The minimum atomic E-state index is 0.456. The summed E-state index contributed by atoms with van der Waals surface area (Å²) in [4.78, 5) is 8.13. The molecule has 0 unspecified atom stereocenters. The summed E-state index contributed by atoms with van der Waals surface area (Å²) in [6.07, 6.45) is 1.46. The summed E-state index contributed by atoms with van der Waals surface area (Å²) in [7, 11) is 1.66. The molecule has 2 N–H and O–H groups in total. The maximum absolute atomic E-state index is 5.68. The molecule has 0 saturated heterocycles. The number of benzene rings is 1. The van der Waals surface area contributed by atoms with Gasteiger partial charge in [0.25, 0.3) is 0 Å². The van der Waals surface area contributed by atoms with Crippen LogP contribution in [0.25, 0.3) is 11.3 Å². The van der Waals surface area contributed by atoms with E-state index in [1.807, 2.05) is 19.9 Å². The summed E-state index contributed by atoms with van der Waals surface area (Å²) in [5, 5.41) is 0. The smallest absolute Gasteiger partial charge is 0.128 e. The fourth-order valence-corrected chi connectivity index (χ4v) is 1.93. The van der Waals surface area contributed by atoms with Crippen molar-refractivity contribution in [3.8, 4) is 17.0 Å². The van der Waals surface area contributed by atoms with Crippen LogP contribution in [0.2, 0.25) is 0 Å². The molecule has 0 radical (unpaired) electrons. The van der Waals surface area contributed by atoms with E-state index in [-0.39, 0.29) is 0 Å². The van der Waals surface area contributed by atoms with Crippen LogP contribution in [-0.4, -0.2) is 17.1 Å². The molecule has 0 saturated carbocycles. The van der Waals surface area contributed by atoms with E-state index in [0.717, 1.165) is 28.1 Å². The Bertz CT molecular complexity index is 552. The van der Waals surface area contributed by atoms with Crippen molar-refractivity contribution in [2.75, 3.05) is 12.8 Å². The third-order valence-electron chi connectivity index (χ3n) is 2.61. The van der Waals surface area contributed by atoms with E-state index in [9.17, 15) is 0 Å². The van der Waals surface area contributed by atoms with Crippen molar-refractivity contribution in [2.45, 2.75) is 13.8 Å². The van der Waals surface area contributed by atoms with Gasteiger partial charge in [-0.2, -0.15) is 0 Å². The Morgan fingerprint density at radius 2 is 1.88 bits per heavy atom. The molecular formula is C13H15N3O. The molecule has 0 aliphatic rings. The van der Waals surface area contributed by atoms with Crippen molar-refractivity contribution in [3.05, 3.63) is 35.7 Å². The molecule has 1 heterocycles. The Kier molecular flexibility index (Phi) is 2.95. The summed E-state index contributed by atoms with van der Waals surface area (Å²) in [6, 6.07) is 5.83. The second-order valence-corrected chi connectivity index (χ2v) is 3.99. The van der Waals surface area contributed by atoms with Crippen molar-refractivity contribution in [1.82, 2.24) is 9.97 Å². The first-order valence-electron chi connectivity index (χ1n) is 5.35. The number of nitrogen functional groups attached to an aromatic ring is 1. The van der Waals surface area contributed by atoms with Crippen LogP contribution >= 0.6 is 0 Å². The van der Waals surface area contributed by atoms with Crippen molar-refractivity contribution < 1.29 is 4.74 Å². The number of anilines is 1. The topological polar surface area (TPSA) is 61.0 Å². The molecule has 4 heteroatoms. The SMILES string of the molecule is COc1cc(C)cc(C)c1-c1cc(N)ncn1. The van der Waals surface area contributed by atoms with Gasteiger partial charge in [-0.25, -0.2) is 9.97 Å². The molecule has 4 nitrogen and oxygen atoms in total. The molecule has 0 amide bonds. The third-order valence-corrected chi connectivity index (χ3v) is 2.61. The zero-order valence-electron chi connectivity index (χ0n) is 10.2. The quantitative estimate of drug-likeness (QED) is 0.858. The van der Waals surface area contributed by atoms with Gasteiger partial charge in [0.15, 0.2) is 0 Å². The zero-order valence-corrected chi connectivity index (χ0v) is 10.2. The minimum Gasteiger partial charge on any atom is -0.496 e. The highest BCUT2D eigenvalue weighted by atomic mass is 16.5. The highest BCUT2D eigenvalue weighted by molar-refractivity contribution is 5.72. The second-order valence-electron chi connectivity index (χ2n) is 3.99. The number of ether oxygens (including phenoxy) is 1. The Labute approximate surface area is 100 Å². The standard InChI is InChI=1S/C13H15N3O/c1-8-4-9(2)13(11(5-8)17-3)10-6-12(14)16-7-15-10/h4-7H,1-3H3,(H2,14,15,16). The molecule has 0 spiro atoms. The van der Waals surface area contributed by atoms with E-state index in [4.69, 9.17) is 10.5 Å². The molecular weight excluding hydrogens is 214 g/mol. The van der Waals surface area contributed by atoms with Crippen LogP contribution in [0.4, 0.5) is 5.82 Å². The minimum absolute atomic E-state index is 0.456. The molecule has 17 heavy (non-hydrogen) atoms. The molecule has 2 aromatic rings. The number of aryl methyl sites for hydroxylation is 2. The average molecular weight is 229 g/mol. The highest BCUT2D eigenvalue weighted by Gasteiger charge is 2.11. The van der Waals surface area contributed by atoms with Gasteiger partial charge in [0.1, 0.15) is 17.9 Å². The molecule has 0 aliphatic heterocycles. The number of nitrogens with zero attached hydrogens (tertiary/aromatic N) is 2. The van der Waals surface area contributed by atoms with Crippen LogP contribution < -0.4 is 10.5 Å². The Morgan fingerprint density at radius 3 is 2.53 bits per heavy atom. The van der Waals surface area contributed by atoms with Crippen molar-refractivity contribution in [3.63, 3.8) is 0 Å². The maximum atomic E-state index is 5.68. The lowest BCUT2D eigenvalue weighted by Gasteiger charge is -2.12. The lowest BCUT2D eigenvalue weighted by Crippen LogP contribution is -1.97. The predicted octanol–water partition coefficient (Wildman–Crippen LogP) is 2.35. The van der Waals surface area contributed by atoms with Crippen LogP contribution in [0.15, 0.2) is 24.5 Å². The van der Waals surface area contributed by atoms with Gasteiger partial charge in [0.05, 0.1) is 12.8 Å². The Balaban J connectivity index is 2.66. The van der Waals surface area contributed by atoms with Crippen molar-refractivity contribution in [2.24, 2.45) is 0 Å². The average Bonchev–Trinajstić information content (AvgIpc) is 2.27. The van der Waals surface area contributed by atoms with Crippen LogP contribution in [0, 0.1) is 13.8 Å². The van der Waals surface area contributed by atoms with Gasteiger partial charge in [-0.3, -0.25) is 0 Å².